The van der Waals surface area contributed by atoms with Crippen LogP contribution in [0.3, 0.4) is 0 Å². The van der Waals surface area contributed by atoms with Crippen molar-refractivity contribution >= 4 is 27.3 Å². The van der Waals surface area contributed by atoms with Crippen LogP contribution in [0.2, 0.25) is 5.02 Å². The van der Waals surface area contributed by atoms with Gasteiger partial charge in [-0.2, -0.15) is 0 Å². The van der Waals surface area contributed by atoms with Crippen molar-refractivity contribution in [2.75, 3.05) is 11.9 Å². The Morgan fingerprint density at radius 2 is 1.90 bits per heavy atom. The highest BCUT2D eigenvalue weighted by Gasteiger charge is 2.24. The lowest BCUT2D eigenvalue weighted by Crippen LogP contribution is -2.43. The first-order chi connectivity index (χ1) is 10.0. The van der Waals surface area contributed by atoms with Gasteiger partial charge in [-0.05, 0) is 42.3 Å². The molecule has 21 heavy (non-hydrogen) atoms. The second-order valence-electron chi connectivity index (χ2n) is 5.02. The summed E-state index contributed by atoms with van der Waals surface area (Å²) in [6, 6.07) is 13.8. The second-order valence-corrected chi connectivity index (χ2v) is 7.17. The molecule has 4 nitrogen and oxygen atoms in total. The summed E-state index contributed by atoms with van der Waals surface area (Å²) in [5, 5.41) is 3.88. The highest BCUT2D eigenvalue weighted by Crippen LogP contribution is 2.25. The van der Waals surface area contributed by atoms with E-state index in [0.717, 1.165) is 11.3 Å². The molecule has 0 bridgehead atoms. The quantitative estimate of drug-likeness (QED) is 0.913. The molecular weight excluding hydrogens is 308 g/mol. The van der Waals surface area contributed by atoms with Gasteiger partial charge in [-0.1, -0.05) is 29.8 Å². The summed E-state index contributed by atoms with van der Waals surface area (Å²) in [5.74, 6) is 0. The van der Waals surface area contributed by atoms with Gasteiger partial charge in [-0.15, -0.1) is 0 Å². The maximum absolute atomic E-state index is 12.3. The van der Waals surface area contributed by atoms with E-state index in [1.165, 1.54) is 0 Å². The van der Waals surface area contributed by atoms with Crippen molar-refractivity contribution in [1.82, 2.24) is 4.72 Å². The minimum Gasteiger partial charge on any atom is -0.383 e. The van der Waals surface area contributed by atoms with Gasteiger partial charge in [0.2, 0.25) is 10.0 Å². The van der Waals surface area contributed by atoms with E-state index in [2.05, 4.69) is 10.0 Å². The van der Waals surface area contributed by atoms with Crippen LogP contribution >= 0.6 is 11.6 Å². The van der Waals surface area contributed by atoms with Crippen molar-refractivity contribution in [3.8, 4) is 0 Å². The molecule has 1 unspecified atom stereocenters. The first-order valence-corrected chi connectivity index (χ1v) is 8.50. The minimum absolute atomic E-state index is 0.193. The van der Waals surface area contributed by atoms with E-state index < -0.39 is 10.0 Å². The molecule has 110 valence electrons. The largest absolute Gasteiger partial charge is 0.383 e. The van der Waals surface area contributed by atoms with Crippen molar-refractivity contribution in [2.45, 2.75) is 17.4 Å². The molecule has 0 aromatic heterocycles. The Balaban J connectivity index is 1.78. The average molecular weight is 323 g/mol. The fourth-order valence-corrected chi connectivity index (χ4v) is 3.90. The molecule has 2 aromatic carbocycles. The smallest absolute Gasteiger partial charge is 0.240 e. The van der Waals surface area contributed by atoms with Crippen molar-refractivity contribution in [1.29, 1.82) is 0 Å². The maximum Gasteiger partial charge on any atom is 0.240 e. The van der Waals surface area contributed by atoms with Gasteiger partial charge in [0.05, 0.1) is 4.90 Å². The van der Waals surface area contributed by atoms with E-state index in [0.29, 0.717) is 18.0 Å². The predicted molar refractivity (Wildman–Crippen MR) is 84.2 cm³/mol. The molecule has 2 N–H and O–H groups in total. The summed E-state index contributed by atoms with van der Waals surface area (Å²) in [6.07, 6.45) is 0.620. The van der Waals surface area contributed by atoms with E-state index in [9.17, 15) is 8.42 Å². The lowest BCUT2D eigenvalue weighted by Gasteiger charge is -2.27. The Kier molecular flexibility index (Phi) is 3.89. The molecule has 3 rings (SSSR count). The summed E-state index contributed by atoms with van der Waals surface area (Å²) < 4.78 is 27.4. The van der Waals surface area contributed by atoms with Gasteiger partial charge in [0, 0.05) is 23.3 Å². The zero-order chi connectivity index (χ0) is 14.9. The van der Waals surface area contributed by atoms with Crippen molar-refractivity contribution < 1.29 is 8.42 Å². The molecule has 0 fully saturated rings. The first-order valence-electron chi connectivity index (χ1n) is 6.64. The number of hydrogen-bond donors (Lipinski definition) is 2. The number of rotatable bonds is 3. The first kappa shape index (κ1) is 14.4. The lowest BCUT2D eigenvalue weighted by atomic mass is 10.0. The summed E-state index contributed by atoms with van der Waals surface area (Å²) in [5.41, 5.74) is 2.03. The maximum atomic E-state index is 12.3. The normalized spacial score (nSPS) is 17.9. The third kappa shape index (κ3) is 3.20. The van der Waals surface area contributed by atoms with Gasteiger partial charge in [0.25, 0.3) is 0 Å². The van der Waals surface area contributed by atoms with Crippen LogP contribution in [0.5, 0.6) is 0 Å². The van der Waals surface area contributed by atoms with Gasteiger partial charge in [0.1, 0.15) is 0 Å². The van der Waals surface area contributed by atoms with Crippen LogP contribution in [0.1, 0.15) is 5.56 Å². The molecular formula is C15H15ClN2O2S. The Bertz CT molecular complexity index is 748. The van der Waals surface area contributed by atoms with Crippen LogP contribution < -0.4 is 10.0 Å². The van der Waals surface area contributed by atoms with Crippen molar-refractivity contribution in [3.05, 3.63) is 59.1 Å². The molecule has 0 aliphatic carbocycles. The van der Waals surface area contributed by atoms with Gasteiger partial charge in [0.15, 0.2) is 0 Å². The van der Waals surface area contributed by atoms with Crippen LogP contribution in [-0.2, 0) is 16.4 Å². The molecule has 2 aromatic rings. The van der Waals surface area contributed by atoms with E-state index in [1.807, 2.05) is 18.2 Å². The summed E-state index contributed by atoms with van der Waals surface area (Å²) in [4.78, 5) is 0.280. The van der Waals surface area contributed by atoms with Gasteiger partial charge < -0.3 is 5.32 Å². The van der Waals surface area contributed by atoms with Crippen LogP contribution in [-0.4, -0.2) is 21.0 Å². The molecule has 0 spiro atoms. The van der Waals surface area contributed by atoms with E-state index in [-0.39, 0.29) is 10.9 Å². The van der Waals surface area contributed by atoms with Crippen LogP contribution in [0, 0.1) is 0 Å². The fraction of sp³-hybridized carbons (Fsp3) is 0.200. The van der Waals surface area contributed by atoms with Gasteiger partial charge >= 0.3 is 0 Å². The molecule has 6 heteroatoms. The van der Waals surface area contributed by atoms with E-state index >= 15 is 0 Å². The number of nitrogens with one attached hydrogen (secondary N) is 2. The standard InChI is InChI=1S/C15H15ClN2O2S/c16-12-6-7-15-11(8-12)9-13(10-17-15)18-21(19,20)14-4-2-1-3-5-14/h1-8,13,17-18H,9-10H2. The Morgan fingerprint density at radius 3 is 2.67 bits per heavy atom. The van der Waals surface area contributed by atoms with Crippen LogP contribution in [0.4, 0.5) is 5.69 Å². The molecule has 1 aliphatic rings. The monoisotopic (exact) mass is 322 g/mol. The number of anilines is 1. The average Bonchev–Trinajstić information content (AvgIpc) is 2.47. The lowest BCUT2D eigenvalue weighted by molar-refractivity contribution is 0.549. The SMILES string of the molecule is O=S(=O)(NC1CNc2ccc(Cl)cc2C1)c1ccccc1. The minimum atomic E-state index is -3.50. The zero-order valence-electron chi connectivity index (χ0n) is 11.2. The highest BCUT2D eigenvalue weighted by molar-refractivity contribution is 7.89. The number of benzene rings is 2. The summed E-state index contributed by atoms with van der Waals surface area (Å²) in [7, 11) is -3.50. The number of hydrogen-bond acceptors (Lipinski definition) is 3. The summed E-state index contributed by atoms with van der Waals surface area (Å²) >= 11 is 5.99. The second kappa shape index (κ2) is 5.67. The van der Waals surface area contributed by atoms with Gasteiger partial charge in [-0.25, -0.2) is 13.1 Å². The topological polar surface area (TPSA) is 58.2 Å². The molecule has 0 saturated carbocycles. The number of sulfonamides is 1. The fourth-order valence-electron chi connectivity index (χ4n) is 2.44. The predicted octanol–water partition coefficient (Wildman–Crippen LogP) is 2.66. The van der Waals surface area contributed by atoms with Crippen molar-refractivity contribution in [2.24, 2.45) is 0 Å². The summed E-state index contributed by atoms with van der Waals surface area (Å²) in [6.45, 7) is 0.556. The Labute approximate surface area is 129 Å². The zero-order valence-corrected chi connectivity index (χ0v) is 12.8. The number of fused-ring (bicyclic) bond motifs is 1. The van der Waals surface area contributed by atoms with Crippen LogP contribution in [0.25, 0.3) is 0 Å². The molecule has 0 amide bonds. The third-order valence-electron chi connectivity index (χ3n) is 3.45. The molecule has 0 saturated heterocycles. The molecule has 1 aliphatic heterocycles. The number of halogens is 1. The molecule has 1 atom stereocenters. The van der Waals surface area contributed by atoms with E-state index in [4.69, 9.17) is 11.6 Å². The third-order valence-corrected chi connectivity index (χ3v) is 5.22. The Hall–Kier alpha value is -1.56. The highest BCUT2D eigenvalue weighted by atomic mass is 35.5. The van der Waals surface area contributed by atoms with Gasteiger partial charge in [-0.3, -0.25) is 0 Å². The van der Waals surface area contributed by atoms with E-state index in [1.54, 1.807) is 30.3 Å². The molecule has 0 radical (unpaired) electrons. The molecule has 1 heterocycles. The Morgan fingerprint density at radius 1 is 1.14 bits per heavy atom. The van der Waals surface area contributed by atoms with Crippen LogP contribution in [0.15, 0.2) is 53.4 Å². The van der Waals surface area contributed by atoms with Crippen molar-refractivity contribution in [3.63, 3.8) is 0 Å².